The Labute approximate surface area is 78.9 Å². The SMILES string of the molecule is COC(=O)n1ncc2c(F)cccc21. The highest BCUT2D eigenvalue weighted by Gasteiger charge is 2.11. The summed E-state index contributed by atoms with van der Waals surface area (Å²) in [7, 11) is 1.25. The maximum Gasteiger partial charge on any atom is 0.434 e. The molecule has 4 nitrogen and oxygen atoms in total. The lowest BCUT2D eigenvalue weighted by molar-refractivity contribution is 0.170. The van der Waals surface area contributed by atoms with E-state index in [1.54, 1.807) is 6.07 Å². The maximum atomic E-state index is 13.2. The topological polar surface area (TPSA) is 44.1 Å². The summed E-state index contributed by atoms with van der Waals surface area (Å²) < 4.78 is 18.7. The van der Waals surface area contributed by atoms with Gasteiger partial charge in [-0.3, -0.25) is 0 Å². The molecule has 1 heterocycles. The van der Waals surface area contributed by atoms with Gasteiger partial charge in [0.05, 0.1) is 24.2 Å². The maximum absolute atomic E-state index is 13.2. The molecule has 2 rings (SSSR count). The number of carbonyl (C=O) groups is 1. The van der Waals surface area contributed by atoms with Crippen LogP contribution in [0.15, 0.2) is 24.4 Å². The van der Waals surface area contributed by atoms with Crippen molar-refractivity contribution < 1.29 is 13.9 Å². The monoisotopic (exact) mass is 194 g/mol. The molecular formula is C9H7FN2O2. The van der Waals surface area contributed by atoms with Gasteiger partial charge in [-0.05, 0) is 12.1 Å². The number of benzene rings is 1. The van der Waals surface area contributed by atoms with Gasteiger partial charge in [0, 0.05) is 0 Å². The number of hydrogen-bond acceptors (Lipinski definition) is 3. The molecule has 0 amide bonds. The van der Waals surface area contributed by atoms with Crippen LogP contribution in [-0.4, -0.2) is 23.0 Å². The van der Waals surface area contributed by atoms with Crippen LogP contribution in [0.1, 0.15) is 0 Å². The molecule has 0 aliphatic rings. The normalized spacial score (nSPS) is 10.4. The van der Waals surface area contributed by atoms with E-state index in [9.17, 15) is 9.18 Å². The van der Waals surface area contributed by atoms with Gasteiger partial charge in [-0.2, -0.15) is 9.78 Å². The third-order valence-corrected chi connectivity index (χ3v) is 1.91. The fourth-order valence-corrected chi connectivity index (χ4v) is 1.25. The van der Waals surface area contributed by atoms with Crippen LogP contribution in [-0.2, 0) is 4.74 Å². The standard InChI is InChI=1S/C9H7FN2O2/c1-14-9(13)12-8-4-2-3-7(10)6(8)5-11-12/h2-5H,1H3. The highest BCUT2D eigenvalue weighted by atomic mass is 19.1. The van der Waals surface area contributed by atoms with E-state index in [0.717, 1.165) is 4.68 Å². The van der Waals surface area contributed by atoms with Crippen LogP contribution in [0.4, 0.5) is 9.18 Å². The Bertz CT molecular complexity index is 493. The molecule has 0 aliphatic heterocycles. The average molecular weight is 194 g/mol. The third-order valence-electron chi connectivity index (χ3n) is 1.91. The molecule has 14 heavy (non-hydrogen) atoms. The second kappa shape index (κ2) is 3.10. The number of fused-ring (bicyclic) bond motifs is 1. The van der Waals surface area contributed by atoms with Crippen molar-refractivity contribution in [1.82, 2.24) is 9.78 Å². The van der Waals surface area contributed by atoms with Crippen molar-refractivity contribution in [2.24, 2.45) is 0 Å². The molecule has 0 saturated carbocycles. The summed E-state index contributed by atoms with van der Waals surface area (Å²) in [6, 6.07) is 4.42. The van der Waals surface area contributed by atoms with E-state index in [4.69, 9.17) is 0 Å². The lowest BCUT2D eigenvalue weighted by Crippen LogP contribution is -2.12. The molecular weight excluding hydrogens is 187 g/mol. The largest absolute Gasteiger partial charge is 0.451 e. The fraction of sp³-hybridized carbons (Fsp3) is 0.111. The summed E-state index contributed by atoms with van der Waals surface area (Å²) in [6.45, 7) is 0. The lowest BCUT2D eigenvalue weighted by atomic mass is 10.2. The van der Waals surface area contributed by atoms with E-state index in [0.29, 0.717) is 10.9 Å². The van der Waals surface area contributed by atoms with Crippen molar-refractivity contribution in [2.75, 3.05) is 7.11 Å². The Morgan fingerprint density at radius 2 is 2.36 bits per heavy atom. The third kappa shape index (κ3) is 1.14. The zero-order chi connectivity index (χ0) is 10.1. The van der Waals surface area contributed by atoms with Gasteiger partial charge in [-0.15, -0.1) is 0 Å². The first-order valence-corrected chi connectivity index (χ1v) is 3.94. The molecule has 0 spiro atoms. The molecule has 72 valence electrons. The Morgan fingerprint density at radius 1 is 1.57 bits per heavy atom. The Kier molecular flexibility index (Phi) is 1.92. The molecule has 5 heteroatoms. The molecule has 0 radical (unpaired) electrons. The van der Waals surface area contributed by atoms with Gasteiger partial charge in [0.1, 0.15) is 5.82 Å². The van der Waals surface area contributed by atoms with E-state index >= 15 is 0 Å². The van der Waals surface area contributed by atoms with Gasteiger partial charge in [0.15, 0.2) is 0 Å². The van der Waals surface area contributed by atoms with Crippen LogP contribution < -0.4 is 0 Å². The highest BCUT2D eigenvalue weighted by molar-refractivity contribution is 5.87. The van der Waals surface area contributed by atoms with Crippen molar-refractivity contribution in [3.05, 3.63) is 30.2 Å². The van der Waals surface area contributed by atoms with E-state index in [1.165, 1.54) is 25.4 Å². The van der Waals surface area contributed by atoms with Crippen molar-refractivity contribution >= 4 is 17.0 Å². The quantitative estimate of drug-likeness (QED) is 0.642. The smallest absolute Gasteiger partial charge is 0.434 e. The van der Waals surface area contributed by atoms with Crippen LogP contribution in [0, 0.1) is 5.82 Å². The van der Waals surface area contributed by atoms with Gasteiger partial charge >= 0.3 is 6.09 Å². The Balaban J connectivity index is 2.70. The van der Waals surface area contributed by atoms with Crippen LogP contribution >= 0.6 is 0 Å². The van der Waals surface area contributed by atoms with E-state index in [2.05, 4.69) is 9.84 Å². The first-order chi connectivity index (χ1) is 6.74. The zero-order valence-electron chi connectivity index (χ0n) is 7.40. The van der Waals surface area contributed by atoms with Crippen LogP contribution in [0.25, 0.3) is 10.9 Å². The summed E-state index contributed by atoms with van der Waals surface area (Å²) in [5.74, 6) is -0.405. The summed E-state index contributed by atoms with van der Waals surface area (Å²) >= 11 is 0. The van der Waals surface area contributed by atoms with E-state index in [1.807, 2.05) is 0 Å². The van der Waals surface area contributed by atoms with Crippen molar-refractivity contribution in [3.8, 4) is 0 Å². The first-order valence-electron chi connectivity index (χ1n) is 3.94. The number of carbonyl (C=O) groups excluding carboxylic acids is 1. The predicted octanol–water partition coefficient (Wildman–Crippen LogP) is 1.79. The number of methoxy groups -OCH3 is 1. The minimum absolute atomic E-state index is 0.304. The van der Waals surface area contributed by atoms with Gasteiger partial charge in [0.2, 0.25) is 0 Å². The first kappa shape index (κ1) is 8.68. The minimum Gasteiger partial charge on any atom is -0.451 e. The van der Waals surface area contributed by atoms with Crippen LogP contribution in [0.3, 0.4) is 0 Å². The summed E-state index contributed by atoms with van der Waals surface area (Å²) in [6.07, 6.45) is 0.660. The van der Waals surface area contributed by atoms with Crippen LogP contribution in [0.2, 0.25) is 0 Å². The van der Waals surface area contributed by atoms with E-state index in [-0.39, 0.29) is 0 Å². The van der Waals surface area contributed by atoms with Gasteiger partial charge in [-0.1, -0.05) is 6.07 Å². The lowest BCUT2D eigenvalue weighted by Gasteiger charge is -1.99. The number of ether oxygens (including phenoxy) is 1. The predicted molar refractivity (Wildman–Crippen MR) is 47.5 cm³/mol. The average Bonchev–Trinajstić information content (AvgIpc) is 2.62. The zero-order valence-corrected chi connectivity index (χ0v) is 7.40. The number of hydrogen-bond donors (Lipinski definition) is 0. The van der Waals surface area contributed by atoms with Gasteiger partial charge < -0.3 is 4.74 Å². The number of rotatable bonds is 0. The number of nitrogens with zero attached hydrogens (tertiary/aromatic N) is 2. The van der Waals surface area contributed by atoms with Crippen molar-refractivity contribution in [3.63, 3.8) is 0 Å². The molecule has 0 saturated heterocycles. The molecule has 1 aromatic carbocycles. The second-order valence-electron chi connectivity index (χ2n) is 2.70. The molecule has 0 bridgehead atoms. The molecule has 0 aliphatic carbocycles. The minimum atomic E-state index is -0.634. The van der Waals surface area contributed by atoms with E-state index < -0.39 is 11.9 Å². The fourth-order valence-electron chi connectivity index (χ4n) is 1.25. The number of aromatic nitrogens is 2. The highest BCUT2D eigenvalue weighted by Crippen LogP contribution is 2.16. The summed E-state index contributed by atoms with van der Waals surface area (Å²) in [5.41, 5.74) is 0.400. The molecule has 2 aromatic rings. The Hall–Kier alpha value is -1.91. The molecule has 0 fully saturated rings. The molecule has 0 N–H and O–H groups in total. The summed E-state index contributed by atoms with van der Waals surface area (Å²) in [4.78, 5) is 11.2. The van der Waals surface area contributed by atoms with Crippen LogP contribution in [0.5, 0.6) is 0 Å². The number of halogens is 1. The second-order valence-corrected chi connectivity index (χ2v) is 2.70. The van der Waals surface area contributed by atoms with Crippen molar-refractivity contribution in [2.45, 2.75) is 0 Å². The Morgan fingerprint density at radius 3 is 3.07 bits per heavy atom. The summed E-state index contributed by atoms with van der Waals surface area (Å²) in [5, 5.41) is 4.03. The molecule has 0 unspecified atom stereocenters. The molecule has 1 aromatic heterocycles. The molecule has 0 atom stereocenters. The van der Waals surface area contributed by atoms with Gasteiger partial charge in [-0.25, -0.2) is 9.18 Å². The van der Waals surface area contributed by atoms with Gasteiger partial charge in [0.25, 0.3) is 0 Å². The van der Waals surface area contributed by atoms with Crippen molar-refractivity contribution in [1.29, 1.82) is 0 Å².